The topological polar surface area (TPSA) is 84.3 Å². The Hall–Kier alpha value is -1.47. The van der Waals surface area contributed by atoms with Gasteiger partial charge in [0.15, 0.2) is 0 Å². The predicted molar refractivity (Wildman–Crippen MR) is 69.5 cm³/mol. The van der Waals surface area contributed by atoms with E-state index in [0.717, 1.165) is 13.0 Å². The molecule has 1 heterocycles. The number of carbonyl (C=O) groups is 1. The third-order valence-corrected chi connectivity index (χ3v) is 3.29. The van der Waals surface area contributed by atoms with E-state index in [1.165, 1.54) is 12.1 Å². The molecule has 7 heteroatoms. The maximum absolute atomic E-state index is 12.0. The molecule has 1 fully saturated rings. The fraction of sp³-hybridized carbons (Fsp3) is 0.364. The van der Waals surface area contributed by atoms with Gasteiger partial charge in [0.25, 0.3) is 11.6 Å². The lowest BCUT2D eigenvalue weighted by atomic mass is 10.1. The number of amides is 1. The first-order valence-corrected chi connectivity index (χ1v) is 6.33. The fourth-order valence-electron chi connectivity index (χ4n) is 1.89. The zero-order chi connectivity index (χ0) is 13.1. The summed E-state index contributed by atoms with van der Waals surface area (Å²) in [5.41, 5.74) is -0.0945. The highest BCUT2D eigenvalue weighted by Gasteiger charge is 2.23. The third kappa shape index (κ3) is 2.85. The fourth-order valence-corrected chi connectivity index (χ4v) is 2.24. The van der Waals surface area contributed by atoms with Crippen LogP contribution in [0.1, 0.15) is 16.8 Å². The minimum absolute atomic E-state index is 0.0424. The molecule has 0 aliphatic carbocycles. The Kier molecular flexibility index (Phi) is 3.93. The van der Waals surface area contributed by atoms with E-state index in [2.05, 4.69) is 26.6 Å². The van der Waals surface area contributed by atoms with Gasteiger partial charge in [-0.15, -0.1) is 0 Å². The van der Waals surface area contributed by atoms with E-state index in [0.29, 0.717) is 11.0 Å². The van der Waals surface area contributed by atoms with Gasteiger partial charge in [-0.05, 0) is 25.1 Å². The highest BCUT2D eigenvalue weighted by Crippen LogP contribution is 2.23. The molecule has 2 N–H and O–H groups in total. The second-order valence-electron chi connectivity index (χ2n) is 4.08. The Morgan fingerprint density at radius 3 is 2.94 bits per heavy atom. The van der Waals surface area contributed by atoms with E-state index in [1.807, 2.05) is 0 Å². The van der Waals surface area contributed by atoms with Gasteiger partial charge in [-0.1, -0.05) is 15.9 Å². The lowest BCUT2D eigenvalue weighted by Crippen LogP contribution is -2.36. The number of halogens is 1. The number of nitro benzene ring substituents is 1. The van der Waals surface area contributed by atoms with Crippen LogP contribution in [-0.2, 0) is 0 Å². The first-order chi connectivity index (χ1) is 8.58. The molecule has 1 atom stereocenters. The molecule has 1 aliphatic heterocycles. The molecule has 2 rings (SSSR count). The summed E-state index contributed by atoms with van der Waals surface area (Å²) in [6, 6.07) is 4.46. The van der Waals surface area contributed by atoms with Crippen molar-refractivity contribution in [2.45, 2.75) is 12.5 Å². The standard InChI is InChI=1S/C11H12BrN3O3/c12-7-1-2-9(10(5-7)15(17)18)11(16)14-8-3-4-13-6-8/h1-2,5,8,13H,3-4,6H2,(H,14,16). The van der Waals surface area contributed by atoms with Crippen molar-refractivity contribution in [2.24, 2.45) is 0 Å². The maximum Gasteiger partial charge on any atom is 0.283 e. The summed E-state index contributed by atoms with van der Waals surface area (Å²) in [7, 11) is 0. The minimum atomic E-state index is -0.549. The van der Waals surface area contributed by atoms with Crippen LogP contribution in [0.2, 0.25) is 0 Å². The largest absolute Gasteiger partial charge is 0.348 e. The van der Waals surface area contributed by atoms with Crippen LogP contribution < -0.4 is 10.6 Å². The third-order valence-electron chi connectivity index (χ3n) is 2.80. The van der Waals surface area contributed by atoms with Crippen molar-refractivity contribution in [3.8, 4) is 0 Å². The number of hydrogen-bond acceptors (Lipinski definition) is 4. The SMILES string of the molecule is O=C(NC1CCNC1)c1ccc(Br)cc1[N+](=O)[O-]. The summed E-state index contributed by atoms with van der Waals surface area (Å²) >= 11 is 3.16. The minimum Gasteiger partial charge on any atom is -0.348 e. The monoisotopic (exact) mass is 313 g/mol. The lowest BCUT2D eigenvalue weighted by molar-refractivity contribution is -0.385. The summed E-state index contributed by atoms with van der Waals surface area (Å²) in [4.78, 5) is 22.3. The normalized spacial score (nSPS) is 18.6. The van der Waals surface area contributed by atoms with Crippen LogP contribution in [0.15, 0.2) is 22.7 Å². The van der Waals surface area contributed by atoms with Crippen molar-refractivity contribution in [1.82, 2.24) is 10.6 Å². The highest BCUT2D eigenvalue weighted by atomic mass is 79.9. The summed E-state index contributed by atoms with van der Waals surface area (Å²) in [6.45, 7) is 1.56. The number of rotatable bonds is 3. The van der Waals surface area contributed by atoms with Crippen LogP contribution in [0.3, 0.4) is 0 Å². The first-order valence-electron chi connectivity index (χ1n) is 5.53. The average molecular weight is 314 g/mol. The van der Waals surface area contributed by atoms with Crippen molar-refractivity contribution < 1.29 is 9.72 Å². The predicted octanol–water partition coefficient (Wildman–Crippen LogP) is 1.45. The molecule has 1 aliphatic rings. The molecule has 0 aromatic heterocycles. The van der Waals surface area contributed by atoms with Crippen molar-refractivity contribution in [3.05, 3.63) is 38.3 Å². The van der Waals surface area contributed by atoms with Crippen LogP contribution in [0.5, 0.6) is 0 Å². The number of nitro groups is 1. The Morgan fingerprint density at radius 1 is 1.56 bits per heavy atom. The van der Waals surface area contributed by atoms with E-state index in [9.17, 15) is 14.9 Å². The molecule has 1 saturated heterocycles. The van der Waals surface area contributed by atoms with Crippen molar-refractivity contribution in [2.75, 3.05) is 13.1 Å². The maximum atomic E-state index is 12.0. The molecule has 96 valence electrons. The van der Waals surface area contributed by atoms with Gasteiger partial charge in [-0.25, -0.2) is 0 Å². The number of carbonyl (C=O) groups excluding carboxylic acids is 1. The van der Waals surface area contributed by atoms with E-state index in [4.69, 9.17) is 0 Å². The quantitative estimate of drug-likeness (QED) is 0.653. The molecular weight excluding hydrogens is 302 g/mol. The molecule has 6 nitrogen and oxygen atoms in total. The molecule has 1 unspecified atom stereocenters. The van der Waals surface area contributed by atoms with Gasteiger partial charge in [0, 0.05) is 23.1 Å². The number of hydrogen-bond donors (Lipinski definition) is 2. The molecule has 0 bridgehead atoms. The average Bonchev–Trinajstić information content (AvgIpc) is 2.81. The van der Waals surface area contributed by atoms with Crippen LogP contribution >= 0.6 is 15.9 Å². The van der Waals surface area contributed by atoms with E-state index in [-0.39, 0.29) is 17.3 Å². The number of benzene rings is 1. The van der Waals surface area contributed by atoms with Crippen molar-refractivity contribution in [1.29, 1.82) is 0 Å². The van der Waals surface area contributed by atoms with Gasteiger partial charge >= 0.3 is 0 Å². The second-order valence-corrected chi connectivity index (χ2v) is 5.00. The smallest absolute Gasteiger partial charge is 0.283 e. The van der Waals surface area contributed by atoms with Crippen LogP contribution in [0.25, 0.3) is 0 Å². The van der Waals surface area contributed by atoms with E-state index < -0.39 is 10.8 Å². The van der Waals surface area contributed by atoms with Gasteiger partial charge in [0.05, 0.1) is 4.92 Å². The molecule has 1 aromatic rings. The van der Waals surface area contributed by atoms with Gasteiger partial charge in [-0.3, -0.25) is 14.9 Å². The van der Waals surface area contributed by atoms with Gasteiger partial charge in [0.2, 0.25) is 0 Å². The zero-order valence-corrected chi connectivity index (χ0v) is 11.1. The van der Waals surface area contributed by atoms with Gasteiger partial charge in [0.1, 0.15) is 5.56 Å². The lowest BCUT2D eigenvalue weighted by Gasteiger charge is -2.11. The Labute approximate surface area is 112 Å². The molecular formula is C11H12BrN3O3. The Balaban J connectivity index is 2.20. The highest BCUT2D eigenvalue weighted by molar-refractivity contribution is 9.10. The molecule has 1 aromatic carbocycles. The molecule has 0 spiro atoms. The second kappa shape index (κ2) is 5.45. The molecule has 18 heavy (non-hydrogen) atoms. The summed E-state index contributed by atoms with van der Waals surface area (Å²) < 4.78 is 0.577. The van der Waals surface area contributed by atoms with Gasteiger partial charge < -0.3 is 10.6 Å². The summed E-state index contributed by atoms with van der Waals surface area (Å²) in [6.07, 6.45) is 0.843. The van der Waals surface area contributed by atoms with E-state index in [1.54, 1.807) is 6.07 Å². The summed E-state index contributed by atoms with van der Waals surface area (Å²) in [5, 5.41) is 16.8. The zero-order valence-electron chi connectivity index (χ0n) is 9.48. The number of nitrogens with zero attached hydrogens (tertiary/aromatic N) is 1. The van der Waals surface area contributed by atoms with Gasteiger partial charge in [-0.2, -0.15) is 0 Å². The van der Waals surface area contributed by atoms with Crippen molar-refractivity contribution in [3.63, 3.8) is 0 Å². The molecule has 0 radical (unpaired) electrons. The first kappa shape index (κ1) is 13.0. The number of nitrogens with one attached hydrogen (secondary N) is 2. The molecule has 1 amide bonds. The summed E-state index contributed by atoms with van der Waals surface area (Å²) in [5.74, 6) is -0.400. The van der Waals surface area contributed by atoms with Crippen molar-refractivity contribution >= 4 is 27.5 Å². The van der Waals surface area contributed by atoms with Crippen LogP contribution in [0.4, 0.5) is 5.69 Å². The Morgan fingerprint density at radius 2 is 2.33 bits per heavy atom. The Bertz CT molecular complexity index is 486. The van der Waals surface area contributed by atoms with E-state index >= 15 is 0 Å². The van der Waals surface area contributed by atoms with Crippen LogP contribution in [0, 0.1) is 10.1 Å². The molecule has 0 saturated carbocycles. The van der Waals surface area contributed by atoms with Crippen LogP contribution in [-0.4, -0.2) is 30.0 Å².